The van der Waals surface area contributed by atoms with Crippen LogP contribution in [0.15, 0.2) is 35.3 Å². The van der Waals surface area contributed by atoms with Crippen LogP contribution < -0.4 is 16.0 Å². The summed E-state index contributed by atoms with van der Waals surface area (Å²) in [7, 11) is 0. The van der Waals surface area contributed by atoms with Crippen molar-refractivity contribution in [3.05, 3.63) is 41.2 Å². The number of hydrogen-bond acceptors (Lipinski definition) is 6. The maximum absolute atomic E-state index is 5.88. The quantitative estimate of drug-likeness (QED) is 0.812. The van der Waals surface area contributed by atoms with Crippen LogP contribution in [0.4, 0.5) is 17.3 Å². The van der Waals surface area contributed by atoms with E-state index in [2.05, 4.69) is 30.9 Å². The van der Waals surface area contributed by atoms with E-state index in [4.69, 9.17) is 11.6 Å². The highest BCUT2D eigenvalue weighted by atomic mass is 35.5. The van der Waals surface area contributed by atoms with Gasteiger partial charge in [0.25, 0.3) is 0 Å². The Bertz CT molecular complexity index is 668. The van der Waals surface area contributed by atoms with E-state index in [9.17, 15) is 0 Å². The van der Waals surface area contributed by atoms with E-state index in [0.29, 0.717) is 22.5 Å². The van der Waals surface area contributed by atoms with Gasteiger partial charge in [-0.15, -0.1) is 0 Å². The smallest absolute Gasteiger partial charge is 0.197 e. The number of anilines is 3. The monoisotopic (exact) mass is 302 g/mol. The van der Waals surface area contributed by atoms with Crippen LogP contribution in [-0.2, 0) is 0 Å². The highest BCUT2D eigenvalue weighted by Crippen LogP contribution is 2.19. The molecule has 0 fully saturated rings. The maximum Gasteiger partial charge on any atom is 0.197 e. The largest absolute Gasteiger partial charge is 0.354 e. The molecule has 21 heavy (non-hydrogen) atoms. The van der Waals surface area contributed by atoms with Crippen molar-refractivity contribution < 1.29 is 0 Å². The Morgan fingerprint density at radius 1 is 1.10 bits per heavy atom. The van der Waals surface area contributed by atoms with Gasteiger partial charge in [0.15, 0.2) is 5.96 Å². The Morgan fingerprint density at radius 2 is 1.81 bits per heavy atom. The molecule has 0 bridgehead atoms. The standard InChI is InChI=1S/C14H15ClN6/c1-9-18-12(20-11-4-2-10(15)3-5-11)8-13(19-9)21-14-16-6-7-17-14/h2-5,8H,6-7H2,1H3,(H3,16,17,18,19,20,21). The van der Waals surface area contributed by atoms with E-state index in [1.165, 1.54) is 0 Å². The summed E-state index contributed by atoms with van der Waals surface area (Å²) in [6.45, 7) is 3.48. The molecule has 0 atom stereocenters. The lowest BCUT2D eigenvalue weighted by Gasteiger charge is -2.10. The molecule has 2 heterocycles. The first-order chi connectivity index (χ1) is 10.2. The third-order valence-electron chi connectivity index (χ3n) is 2.88. The second kappa shape index (κ2) is 5.97. The third-order valence-corrected chi connectivity index (χ3v) is 3.13. The van der Waals surface area contributed by atoms with E-state index < -0.39 is 0 Å². The molecule has 0 amide bonds. The molecule has 0 unspecified atom stereocenters. The summed E-state index contributed by atoms with van der Waals surface area (Å²) in [6, 6.07) is 9.29. The Kier molecular flexibility index (Phi) is 3.87. The molecule has 1 aromatic carbocycles. The average molecular weight is 303 g/mol. The van der Waals surface area contributed by atoms with Crippen molar-refractivity contribution in [1.29, 1.82) is 0 Å². The summed E-state index contributed by atoms with van der Waals surface area (Å²) in [4.78, 5) is 13.0. The summed E-state index contributed by atoms with van der Waals surface area (Å²) >= 11 is 5.88. The number of halogens is 1. The number of hydrogen-bond donors (Lipinski definition) is 3. The summed E-state index contributed by atoms with van der Waals surface area (Å²) in [5.74, 6) is 2.83. The third kappa shape index (κ3) is 3.61. The topological polar surface area (TPSA) is 74.2 Å². The van der Waals surface area contributed by atoms with Crippen LogP contribution in [-0.4, -0.2) is 29.0 Å². The van der Waals surface area contributed by atoms with Crippen molar-refractivity contribution in [1.82, 2.24) is 15.3 Å². The molecule has 1 aliphatic heterocycles. The van der Waals surface area contributed by atoms with Crippen molar-refractivity contribution in [2.75, 3.05) is 23.7 Å². The summed E-state index contributed by atoms with van der Waals surface area (Å²) < 4.78 is 0. The molecule has 6 nitrogen and oxygen atoms in total. The zero-order valence-electron chi connectivity index (χ0n) is 11.5. The summed E-state index contributed by atoms with van der Waals surface area (Å²) in [5.41, 5.74) is 0.916. The summed E-state index contributed by atoms with van der Waals surface area (Å²) in [5, 5.41) is 10.2. The van der Waals surface area contributed by atoms with Gasteiger partial charge in [0, 0.05) is 23.3 Å². The maximum atomic E-state index is 5.88. The normalized spacial score (nSPS) is 13.5. The van der Waals surface area contributed by atoms with Gasteiger partial charge in [0.2, 0.25) is 0 Å². The van der Waals surface area contributed by atoms with Crippen LogP contribution in [0, 0.1) is 6.92 Å². The Balaban J connectivity index is 1.78. The first-order valence-electron chi connectivity index (χ1n) is 6.63. The van der Waals surface area contributed by atoms with Gasteiger partial charge in [-0.3, -0.25) is 4.99 Å². The molecule has 0 aliphatic carbocycles. The highest BCUT2D eigenvalue weighted by Gasteiger charge is 2.08. The first kappa shape index (κ1) is 13.6. The minimum absolute atomic E-state index is 0.676. The molecule has 7 heteroatoms. The molecule has 108 valence electrons. The Labute approximate surface area is 127 Å². The van der Waals surface area contributed by atoms with Gasteiger partial charge < -0.3 is 16.0 Å². The SMILES string of the molecule is Cc1nc(NC2=NCCN2)cc(Nc2ccc(Cl)cc2)n1. The molecular formula is C14H15ClN6. The predicted octanol–water partition coefficient (Wildman–Crippen LogP) is 2.55. The van der Waals surface area contributed by atoms with Gasteiger partial charge in [0.05, 0.1) is 6.54 Å². The number of rotatable bonds is 3. The predicted molar refractivity (Wildman–Crippen MR) is 85.4 cm³/mol. The zero-order valence-corrected chi connectivity index (χ0v) is 12.3. The van der Waals surface area contributed by atoms with E-state index >= 15 is 0 Å². The van der Waals surface area contributed by atoms with E-state index in [1.807, 2.05) is 37.3 Å². The number of aryl methyl sites for hydroxylation is 1. The number of nitrogens with zero attached hydrogens (tertiary/aromatic N) is 3. The van der Waals surface area contributed by atoms with Gasteiger partial charge in [-0.2, -0.15) is 0 Å². The van der Waals surface area contributed by atoms with Gasteiger partial charge in [-0.05, 0) is 31.2 Å². The molecule has 1 aliphatic rings. The minimum Gasteiger partial charge on any atom is -0.354 e. The molecular weight excluding hydrogens is 288 g/mol. The Hall–Kier alpha value is -2.34. The number of benzene rings is 1. The van der Waals surface area contributed by atoms with Gasteiger partial charge in [0.1, 0.15) is 17.5 Å². The zero-order chi connectivity index (χ0) is 14.7. The minimum atomic E-state index is 0.676. The van der Waals surface area contributed by atoms with Crippen molar-refractivity contribution in [3.63, 3.8) is 0 Å². The van der Waals surface area contributed by atoms with Crippen LogP contribution in [0.1, 0.15) is 5.82 Å². The second-order valence-corrected chi connectivity index (χ2v) is 5.04. The number of aliphatic imine (C=N–C) groups is 1. The van der Waals surface area contributed by atoms with Crippen LogP contribution >= 0.6 is 11.6 Å². The average Bonchev–Trinajstić information content (AvgIpc) is 2.93. The molecule has 0 radical (unpaired) electrons. The lowest BCUT2D eigenvalue weighted by molar-refractivity contribution is 0.958. The van der Waals surface area contributed by atoms with Gasteiger partial charge >= 0.3 is 0 Å². The van der Waals surface area contributed by atoms with E-state index in [1.54, 1.807) is 0 Å². The highest BCUT2D eigenvalue weighted by molar-refractivity contribution is 6.30. The van der Waals surface area contributed by atoms with Crippen molar-refractivity contribution in [2.24, 2.45) is 4.99 Å². The molecule has 0 saturated carbocycles. The van der Waals surface area contributed by atoms with Gasteiger partial charge in [-0.25, -0.2) is 9.97 Å². The van der Waals surface area contributed by atoms with Crippen molar-refractivity contribution in [3.8, 4) is 0 Å². The molecule has 2 aromatic rings. The van der Waals surface area contributed by atoms with Crippen LogP contribution in [0.25, 0.3) is 0 Å². The van der Waals surface area contributed by atoms with Crippen molar-refractivity contribution >= 4 is 34.9 Å². The molecule has 1 aromatic heterocycles. The molecule has 0 spiro atoms. The summed E-state index contributed by atoms with van der Waals surface area (Å²) in [6.07, 6.45) is 0. The fourth-order valence-corrected chi connectivity index (χ4v) is 2.11. The molecule has 0 saturated heterocycles. The number of aromatic nitrogens is 2. The molecule has 3 rings (SSSR count). The van der Waals surface area contributed by atoms with Crippen LogP contribution in [0.3, 0.4) is 0 Å². The van der Waals surface area contributed by atoms with Crippen LogP contribution in [0.5, 0.6) is 0 Å². The lowest BCUT2D eigenvalue weighted by Crippen LogP contribution is -2.26. The first-order valence-corrected chi connectivity index (χ1v) is 7.00. The van der Waals surface area contributed by atoms with E-state index in [0.717, 1.165) is 24.7 Å². The lowest BCUT2D eigenvalue weighted by atomic mass is 10.3. The van der Waals surface area contributed by atoms with Gasteiger partial charge in [-0.1, -0.05) is 11.6 Å². The molecule has 3 N–H and O–H groups in total. The second-order valence-electron chi connectivity index (χ2n) is 4.60. The Morgan fingerprint density at radius 3 is 2.48 bits per heavy atom. The van der Waals surface area contributed by atoms with Crippen LogP contribution in [0.2, 0.25) is 5.02 Å². The fraction of sp³-hybridized carbons (Fsp3) is 0.214. The number of nitrogens with one attached hydrogen (secondary N) is 3. The van der Waals surface area contributed by atoms with E-state index in [-0.39, 0.29) is 0 Å². The van der Waals surface area contributed by atoms with Crippen molar-refractivity contribution in [2.45, 2.75) is 6.92 Å². The number of guanidine groups is 1. The fourth-order valence-electron chi connectivity index (χ4n) is 1.98.